The molecule has 0 aliphatic carbocycles. The van der Waals surface area contributed by atoms with Crippen molar-refractivity contribution in [1.82, 2.24) is 10.6 Å². The average molecular weight is 548 g/mol. The molecule has 0 bridgehead atoms. The molecule has 0 aliphatic rings. The molecule has 218 valence electrons. The predicted octanol–water partition coefficient (Wildman–Crippen LogP) is 0.0465. The van der Waals surface area contributed by atoms with Crippen LogP contribution >= 0.6 is 0 Å². The molecule has 0 saturated heterocycles. The Morgan fingerprint density at radius 1 is 0.605 bits per heavy atom. The van der Waals surface area contributed by atoms with Crippen LogP contribution in [0.3, 0.4) is 0 Å². The minimum absolute atomic E-state index is 0.0271. The summed E-state index contributed by atoms with van der Waals surface area (Å²) in [6.45, 7) is 5.74. The van der Waals surface area contributed by atoms with Crippen LogP contribution in [0.5, 0.6) is 0 Å². The van der Waals surface area contributed by atoms with Crippen molar-refractivity contribution in [2.45, 2.75) is 18.9 Å². The second-order valence-electron chi connectivity index (χ2n) is 7.45. The van der Waals surface area contributed by atoms with Gasteiger partial charge in [0.15, 0.2) is 0 Å². The van der Waals surface area contributed by atoms with E-state index >= 15 is 0 Å². The van der Waals surface area contributed by atoms with Crippen molar-refractivity contribution in [2.75, 3.05) is 105 Å². The second kappa shape index (κ2) is 28.8. The third-order valence-electron chi connectivity index (χ3n) is 4.32. The van der Waals surface area contributed by atoms with E-state index in [0.29, 0.717) is 105 Å². The molecule has 0 aliphatic heterocycles. The van der Waals surface area contributed by atoms with Gasteiger partial charge in [0.25, 0.3) is 0 Å². The van der Waals surface area contributed by atoms with Crippen LogP contribution in [0, 0.1) is 0 Å². The first kappa shape index (κ1) is 35.3. The molecule has 0 aromatic carbocycles. The van der Waals surface area contributed by atoms with Gasteiger partial charge in [0.2, 0.25) is 11.8 Å². The number of nitrogens with two attached hydrogens (primary N) is 1. The number of ether oxygens (including phenoxy) is 6. The summed E-state index contributed by atoms with van der Waals surface area (Å²) in [4.78, 5) is 29.1. The number of rotatable bonds is 28. The van der Waals surface area contributed by atoms with E-state index in [2.05, 4.69) is 30.7 Å². The monoisotopic (exact) mass is 547 g/mol. The zero-order chi connectivity index (χ0) is 27.9. The molecule has 2 amide bonds. The first-order valence-electron chi connectivity index (χ1n) is 12.4. The fraction of sp³-hybridized carbons (Fsp3) is 0.905. The van der Waals surface area contributed by atoms with Gasteiger partial charge in [-0.25, -0.2) is 0 Å². The molecule has 0 fully saturated rings. The summed E-state index contributed by atoms with van der Waals surface area (Å²) in [5, 5.41) is 12.1. The summed E-state index contributed by atoms with van der Waals surface area (Å²) >= 11 is 0. The summed E-state index contributed by atoms with van der Waals surface area (Å²) in [5.74, 6) is -0.514. The number of nitrogens with one attached hydrogen (secondary N) is 2. The van der Waals surface area contributed by atoms with Gasteiger partial charge in [0.05, 0.1) is 79.3 Å². The number of carbonyl (C=O) groups excluding carboxylic acids is 2. The fourth-order valence-electron chi connectivity index (χ4n) is 2.60. The standard InChI is InChI=1S/C21H41N9O8/c22-19(17-20(31)25-1-5-33-9-13-37-15-11-35-7-3-27-29-23)18-21(32)26-2-6-34-10-14-38-16-12-36-8-4-28-30-24/h19H,1-18,22H2,(H,25,31)(H,26,32). The summed E-state index contributed by atoms with van der Waals surface area (Å²) in [6.07, 6.45) is 0.0542. The Morgan fingerprint density at radius 3 is 1.26 bits per heavy atom. The Labute approximate surface area is 222 Å². The van der Waals surface area contributed by atoms with Crippen LogP contribution < -0.4 is 16.4 Å². The van der Waals surface area contributed by atoms with E-state index in [1.54, 1.807) is 0 Å². The lowest BCUT2D eigenvalue weighted by molar-refractivity contribution is -0.123. The van der Waals surface area contributed by atoms with Crippen LogP contribution in [0.15, 0.2) is 10.2 Å². The SMILES string of the molecule is [N-]=[N+]=NCCOCCOCCOCCNC(=O)CC(N)CC(=O)NCCOCCOCCOCCN=[N+]=[N-]. The van der Waals surface area contributed by atoms with E-state index in [4.69, 9.17) is 45.2 Å². The minimum atomic E-state index is -0.596. The molecule has 0 radical (unpaired) electrons. The molecule has 0 spiro atoms. The molecular weight excluding hydrogens is 506 g/mol. The van der Waals surface area contributed by atoms with Gasteiger partial charge < -0.3 is 44.8 Å². The third kappa shape index (κ3) is 27.9. The van der Waals surface area contributed by atoms with E-state index < -0.39 is 6.04 Å². The lowest BCUT2D eigenvalue weighted by Crippen LogP contribution is -2.37. The zero-order valence-corrected chi connectivity index (χ0v) is 21.8. The van der Waals surface area contributed by atoms with Gasteiger partial charge in [-0.2, -0.15) is 0 Å². The van der Waals surface area contributed by atoms with E-state index in [1.807, 2.05) is 0 Å². The van der Waals surface area contributed by atoms with Crippen LogP contribution in [0.2, 0.25) is 0 Å². The van der Waals surface area contributed by atoms with Crippen molar-refractivity contribution in [3.05, 3.63) is 20.9 Å². The third-order valence-corrected chi connectivity index (χ3v) is 4.32. The van der Waals surface area contributed by atoms with E-state index in [-0.39, 0.29) is 24.7 Å². The van der Waals surface area contributed by atoms with Crippen LogP contribution in [-0.2, 0) is 38.0 Å². The highest BCUT2D eigenvalue weighted by molar-refractivity contribution is 5.80. The van der Waals surface area contributed by atoms with Crippen molar-refractivity contribution in [2.24, 2.45) is 16.0 Å². The normalized spacial score (nSPS) is 11.3. The first-order chi connectivity index (χ1) is 18.6. The molecule has 17 heteroatoms. The molecule has 17 nitrogen and oxygen atoms in total. The molecule has 0 aromatic heterocycles. The Hall–Kier alpha value is -2.72. The molecule has 0 unspecified atom stereocenters. The van der Waals surface area contributed by atoms with E-state index in [1.165, 1.54) is 0 Å². The lowest BCUT2D eigenvalue weighted by Gasteiger charge is -2.12. The largest absolute Gasteiger partial charge is 0.379 e. The van der Waals surface area contributed by atoms with Gasteiger partial charge in [-0.05, 0) is 11.1 Å². The first-order valence-corrected chi connectivity index (χ1v) is 12.4. The zero-order valence-electron chi connectivity index (χ0n) is 21.8. The molecule has 4 N–H and O–H groups in total. The molecule has 0 atom stereocenters. The minimum Gasteiger partial charge on any atom is -0.379 e. The molecule has 0 aromatic rings. The molecular formula is C21H41N9O8. The van der Waals surface area contributed by atoms with Crippen LogP contribution in [0.4, 0.5) is 0 Å². The van der Waals surface area contributed by atoms with E-state index in [0.717, 1.165) is 0 Å². The van der Waals surface area contributed by atoms with Gasteiger partial charge >= 0.3 is 0 Å². The van der Waals surface area contributed by atoms with Gasteiger partial charge in [-0.1, -0.05) is 10.2 Å². The Kier molecular flexibility index (Phi) is 26.8. The van der Waals surface area contributed by atoms with Crippen molar-refractivity contribution >= 4 is 11.8 Å². The van der Waals surface area contributed by atoms with Gasteiger partial charge in [0, 0.05) is 54.9 Å². The highest BCUT2D eigenvalue weighted by Crippen LogP contribution is 1.95. The van der Waals surface area contributed by atoms with Crippen molar-refractivity contribution in [3.8, 4) is 0 Å². The summed E-state index contributed by atoms with van der Waals surface area (Å²) in [5.41, 5.74) is 22.1. The molecule has 0 rings (SSSR count). The lowest BCUT2D eigenvalue weighted by atomic mass is 10.1. The molecule has 38 heavy (non-hydrogen) atoms. The van der Waals surface area contributed by atoms with Crippen LogP contribution in [0.25, 0.3) is 20.9 Å². The number of azide groups is 2. The number of nitrogens with zero attached hydrogens (tertiary/aromatic N) is 6. The maximum atomic E-state index is 11.9. The van der Waals surface area contributed by atoms with Gasteiger partial charge in [0.1, 0.15) is 0 Å². The Balaban J connectivity index is 3.45. The fourth-order valence-corrected chi connectivity index (χ4v) is 2.60. The maximum Gasteiger partial charge on any atom is 0.221 e. The summed E-state index contributed by atoms with van der Waals surface area (Å²) in [7, 11) is 0. The maximum absolute atomic E-state index is 11.9. The van der Waals surface area contributed by atoms with Crippen molar-refractivity contribution in [1.29, 1.82) is 0 Å². The number of carbonyl (C=O) groups is 2. The Morgan fingerprint density at radius 2 is 0.921 bits per heavy atom. The van der Waals surface area contributed by atoms with Gasteiger partial charge in [-0.15, -0.1) is 0 Å². The molecule has 0 saturated carbocycles. The molecule has 0 heterocycles. The Bertz CT molecular complexity index is 636. The smallest absolute Gasteiger partial charge is 0.221 e. The van der Waals surface area contributed by atoms with Gasteiger partial charge in [-0.3, -0.25) is 9.59 Å². The highest BCUT2D eigenvalue weighted by atomic mass is 16.5. The van der Waals surface area contributed by atoms with E-state index in [9.17, 15) is 9.59 Å². The quantitative estimate of drug-likeness (QED) is 0.0518. The van der Waals surface area contributed by atoms with Crippen LogP contribution in [-0.4, -0.2) is 123 Å². The predicted molar refractivity (Wildman–Crippen MR) is 136 cm³/mol. The number of amides is 2. The summed E-state index contributed by atoms with van der Waals surface area (Å²) in [6, 6.07) is -0.596. The van der Waals surface area contributed by atoms with Crippen molar-refractivity contribution < 1.29 is 38.0 Å². The number of hydrogen-bond acceptors (Lipinski definition) is 11. The van der Waals surface area contributed by atoms with Crippen molar-refractivity contribution in [3.63, 3.8) is 0 Å². The highest BCUT2D eigenvalue weighted by Gasteiger charge is 2.13. The van der Waals surface area contributed by atoms with Crippen LogP contribution in [0.1, 0.15) is 12.8 Å². The summed E-state index contributed by atoms with van der Waals surface area (Å²) < 4.78 is 31.7. The second-order valence-corrected chi connectivity index (χ2v) is 7.45. The average Bonchev–Trinajstić information content (AvgIpc) is 2.89. The number of hydrogen-bond donors (Lipinski definition) is 3. The topological polar surface area (TPSA) is 237 Å².